The zero-order valence-corrected chi connectivity index (χ0v) is 19.7. The molecule has 1 amide bonds. The number of nitrogens with zero attached hydrogens (tertiary/aromatic N) is 5. The molecular formula is C24H20F3N7O3. The summed E-state index contributed by atoms with van der Waals surface area (Å²) in [7, 11) is 0. The number of nitrogens with two attached hydrogens (primary N) is 1. The van der Waals surface area contributed by atoms with E-state index in [-0.39, 0.29) is 64.9 Å². The van der Waals surface area contributed by atoms with Crippen LogP contribution >= 0.6 is 0 Å². The molecule has 0 fully saturated rings. The lowest BCUT2D eigenvalue weighted by atomic mass is 9.81. The zero-order valence-electron chi connectivity index (χ0n) is 19.7. The van der Waals surface area contributed by atoms with Crippen LogP contribution < -0.4 is 11.1 Å². The van der Waals surface area contributed by atoms with Gasteiger partial charge in [-0.25, -0.2) is 32.8 Å². The summed E-state index contributed by atoms with van der Waals surface area (Å²) in [6.07, 6.45) is 0.661. The molecule has 37 heavy (non-hydrogen) atoms. The van der Waals surface area contributed by atoms with Crippen molar-refractivity contribution in [3.8, 4) is 11.5 Å². The molecule has 5 rings (SSSR count). The number of aromatic nitrogens is 5. The van der Waals surface area contributed by atoms with Gasteiger partial charge < -0.3 is 15.8 Å². The van der Waals surface area contributed by atoms with Crippen LogP contribution in [0.2, 0.25) is 0 Å². The summed E-state index contributed by atoms with van der Waals surface area (Å²) in [4.78, 5) is 37.7. The summed E-state index contributed by atoms with van der Waals surface area (Å²) in [6, 6.07) is 4.59. The fraction of sp³-hybridized carbons (Fsp3) is 0.250. The quantitative estimate of drug-likeness (QED) is 0.377. The number of nitrogen functional groups attached to an aromatic ring is 1. The number of amides is 1. The number of nitrogens with one attached hydrogen (secondary N) is 1. The number of carbonyl (C=O) groups is 2. The third-order valence-corrected chi connectivity index (χ3v) is 6.16. The number of benzene rings is 1. The van der Waals surface area contributed by atoms with Crippen LogP contribution in [0.3, 0.4) is 0 Å². The number of hydrogen-bond acceptors (Lipinski definition) is 8. The van der Waals surface area contributed by atoms with E-state index in [9.17, 15) is 22.8 Å². The first-order valence-corrected chi connectivity index (χ1v) is 11.2. The predicted molar refractivity (Wildman–Crippen MR) is 126 cm³/mol. The van der Waals surface area contributed by atoms with Gasteiger partial charge in [-0.05, 0) is 32.0 Å². The van der Waals surface area contributed by atoms with Crippen molar-refractivity contribution in [2.45, 2.75) is 32.2 Å². The largest absolute Gasteiger partial charge is 0.466 e. The second kappa shape index (κ2) is 8.84. The first-order valence-electron chi connectivity index (χ1n) is 11.2. The molecule has 0 saturated heterocycles. The lowest BCUT2D eigenvalue weighted by Gasteiger charge is -2.21. The summed E-state index contributed by atoms with van der Waals surface area (Å²) in [5.74, 6) is -3.49. The molecule has 1 atom stereocenters. The molecule has 0 bridgehead atoms. The van der Waals surface area contributed by atoms with Gasteiger partial charge in [-0.15, -0.1) is 0 Å². The maximum absolute atomic E-state index is 14.3. The van der Waals surface area contributed by atoms with Crippen molar-refractivity contribution in [3.63, 3.8) is 0 Å². The van der Waals surface area contributed by atoms with Gasteiger partial charge in [0.2, 0.25) is 5.91 Å². The molecule has 13 heteroatoms. The predicted octanol–water partition coefficient (Wildman–Crippen LogP) is 3.10. The molecule has 3 aromatic heterocycles. The molecular weight excluding hydrogens is 491 g/mol. The van der Waals surface area contributed by atoms with Crippen molar-refractivity contribution in [1.29, 1.82) is 0 Å². The lowest BCUT2D eigenvalue weighted by molar-refractivity contribution is -0.146. The average Bonchev–Trinajstić information content (AvgIpc) is 3.30. The monoisotopic (exact) mass is 511 g/mol. The van der Waals surface area contributed by atoms with Gasteiger partial charge in [0.25, 0.3) is 0 Å². The van der Waals surface area contributed by atoms with Gasteiger partial charge >= 0.3 is 5.97 Å². The number of halogens is 3. The van der Waals surface area contributed by atoms with E-state index in [1.807, 2.05) is 0 Å². The number of anilines is 2. The van der Waals surface area contributed by atoms with Crippen molar-refractivity contribution in [1.82, 2.24) is 24.7 Å². The highest BCUT2D eigenvalue weighted by Crippen LogP contribution is 2.43. The molecule has 0 radical (unpaired) electrons. The molecule has 1 unspecified atom stereocenters. The molecule has 0 spiro atoms. The Morgan fingerprint density at radius 2 is 1.95 bits per heavy atom. The number of rotatable bonds is 6. The maximum atomic E-state index is 14.3. The van der Waals surface area contributed by atoms with Crippen LogP contribution in [0.15, 0.2) is 30.5 Å². The van der Waals surface area contributed by atoms with Crippen molar-refractivity contribution in [2.24, 2.45) is 0 Å². The van der Waals surface area contributed by atoms with Crippen LogP contribution in [-0.4, -0.2) is 43.2 Å². The third kappa shape index (κ3) is 4.01. The van der Waals surface area contributed by atoms with Crippen LogP contribution in [0.4, 0.5) is 24.8 Å². The Balaban J connectivity index is 1.62. The Morgan fingerprint density at radius 3 is 2.65 bits per heavy atom. The van der Waals surface area contributed by atoms with Gasteiger partial charge in [-0.3, -0.25) is 9.59 Å². The fourth-order valence-corrected chi connectivity index (χ4v) is 4.39. The first-order chi connectivity index (χ1) is 17.6. The summed E-state index contributed by atoms with van der Waals surface area (Å²) < 4.78 is 48.9. The van der Waals surface area contributed by atoms with Crippen LogP contribution in [0.25, 0.3) is 22.6 Å². The van der Waals surface area contributed by atoms with Crippen LogP contribution in [0.1, 0.15) is 31.4 Å². The van der Waals surface area contributed by atoms with Crippen molar-refractivity contribution < 1.29 is 27.5 Å². The number of esters is 1. The molecule has 10 nitrogen and oxygen atoms in total. The van der Waals surface area contributed by atoms with E-state index in [0.717, 1.165) is 24.4 Å². The topological polar surface area (TPSA) is 138 Å². The fourth-order valence-electron chi connectivity index (χ4n) is 4.39. The Labute approximate surface area is 207 Å². The van der Waals surface area contributed by atoms with Gasteiger partial charge in [-0.2, -0.15) is 5.10 Å². The summed E-state index contributed by atoms with van der Waals surface area (Å²) in [6.45, 7) is 2.97. The van der Waals surface area contributed by atoms with Gasteiger partial charge in [0.1, 0.15) is 34.8 Å². The van der Waals surface area contributed by atoms with Crippen molar-refractivity contribution in [2.75, 3.05) is 17.7 Å². The molecule has 1 aliphatic rings. The first kappa shape index (κ1) is 24.2. The van der Waals surface area contributed by atoms with Crippen LogP contribution in [0.5, 0.6) is 0 Å². The second-order valence-electron chi connectivity index (χ2n) is 8.66. The Hall–Kier alpha value is -4.55. The minimum absolute atomic E-state index is 0.0292. The maximum Gasteiger partial charge on any atom is 0.307 e. The lowest BCUT2D eigenvalue weighted by Crippen LogP contribution is -2.34. The molecule has 0 aliphatic carbocycles. The number of ether oxygens (including phenoxy) is 1. The van der Waals surface area contributed by atoms with Gasteiger partial charge in [0.05, 0.1) is 42.1 Å². The van der Waals surface area contributed by atoms with E-state index >= 15 is 0 Å². The molecule has 190 valence electrons. The number of carbonyl (C=O) groups excluding carboxylic acids is 2. The highest BCUT2D eigenvalue weighted by Gasteiger charge is 2.48. The SMILES string of the molecule is CCOC(=O)CC1(C)C(=O)Nc2nc(-c3nn(Cc4c(F)cccc4F)c4ncc(F)cc34)nc(N)c21. The molecule has 1 aliphatic heterocycles. The Kier molecular flexibility index (Phi) is 5.77. The summed E-state index contributed by atoms with van der Waals surface area (Å²) in [5, 5.41) is 7.13. The minimum atomic E-state index is -1.37. The van der Waals surface area contributed by atoms with E-state index in [4.69, 9.17) is 10.5 Å². The Bertz CT molecular complexity index is 1570. The van der Waals surface area contributed by atoms with E-state index in [1.165, 1.54) is 17.7 Å². The normalized spacial score (nSPS) is 16.6. The van der Waals surface area contributed by atoms with Gasteiger partial charge in [0.15, 0.2) is 11.5 Å². The van der Waals surface area contributed by atoms with Crippen molar-refractivity contribution >= 4 is 34.5 Å². The number of pyridine rings is 1. The number of fused-ring (bicyclic) bond motifs is 2. The molecule has 4 aromatic rings. The van der Waals surface area contributed by atoms with Crippen LogP contribution in [0, 0.1) is 17.5 Å². The third-order valence-electron chi connectivity index (χ3n) is 6.16. The molecule has 3 N–H and O–H groups in total. The van der Waals surface area contributed by atoms with Gasteiger partial charge in [-0.1, -0.05) is 6.07 Å². The molecule has 1 aromatic carbocycles. The zero-order chi connectivity index (χ0) is 26.5. The minimum Gasteiger partial charge on any atom is -0.466 e. The molecule has 4 heterocycles. The van der Waals surface area contributed by atoms with E-state index in [0.29, 0.717) is 0 Å². The highest BCUT2D eigenvalue weighted by atomic mass is 19.1. The van der Waals surface area contributed by atoms with Crippen LogP contribution in [-0.2, 0) is 26.3 Å². The van der Waals surface area contributed by atoms with E-state index in [1.54, 1.807) is 6.92 Å². The number of hydrogen-bond donors (Lipinski definition) is 2. The summed E-state index contributed by atoms with van der Waals surface area (Å²) in [5.41, 5.74) is 4.96. The van der Waals surface area contributed by atoms with Gasteiger partial charge in [0, 0.05) is 5.56 Å². The van der Waals surface area contributed by atoms with E-state index < -0.39 is 34.7 Å². The van der Waals surface area contributed by atoms with Crippen molar-refractivity contribution in [3.05, 3.63) is 59.0 Å². The summed E-state index contributed by atoms with van der Waals surface area (Å²) >= 11 is 0. The smallest absolute Gasteiger partial charge is 0.307 e. The Morgan fingerprint density at radius 1 is 1.22 bits per heavy atom. The standard InChI is InChI=1S/C24H20F3N7O3/c1-3-37-16(35)8-24(2)17-19(28)30-21(31-20(17)32-23(24)36)18-12-7-11(25)9-29-22(12)34(33-18)10-13-14(26)5-4-6-15(13)27/h4-7,9H,3,8,10H2,1-2H3,(H3,28,30,31,32,36). The second-order valence-corrected chi connectivity index (χ2v) is 8.66. The highest BCUT2D eigenvalue weighted by molar-refractivity contribution is 6.08. The molecule has 0 saturated carbocycles. The van der Waals surface area contributed by atoms with E-state index in [2.05, 4.69) is 25.4 Å². The average molecular weight is 511 g/mol.